The molecule has 0 bridgehead atoms. The highest BCUT2D eigenvalue weighted by atomic mass is 15.3. The van der Waals surface area contributed by atoms with Gasteiger partial charge in [0.2, 0.25) is 0 Å². The molecule has 1 aliphatic rings. The first-order valence-electron chi connectivity index (χ1n) is 6.80. The Hall–Kier alpha value is -2.20. The molecule has 1 aromatic carbocycles. The van der Waals surface area contributed by atoms with Crippen LogP contribution < -0.4 is 5.73 Å². The number of nitrogens with zero attached hydrogens (tertiary/aromatic N) is 3. The third-order valence-corrected chi connectivity index (χ3v) is 3.70. The normalized spacial score (nSPS) is 13.8. The molecular weight excluding hydrogens is 248 g/mol. The van der Waals surface area contributed by atoms with Crippen molar-refractivity contribution >= 4 is 17.6 Å². The maximum absolute atomic E-state index is 5.82. The van der Waals surface area contributed by atoms with Gasteiger partial charge in [0.1, 0.15) is 0 Å². The first-order chi connectivity index (χ1) is 9.72. The van der Waals surface area contributed by atoms with Crippen LogP contribution in [0.15, 0.2) is 35.3 Å². The standard InChI is InChI=1S/C16H18N4/c1-11-14(10-17)12(2)20(19-11)16-8-5-9-18-15-7-4-3-6-13(15)16/h3-4,6-9H,5,10,17H2,1-2H3. The van der Waals surface area contributed by atoms with Crippen LogP contribution >= 0.6 is 0 Å². The SMILES string of the molecule is Cc1nn(C2=CCC=Nc3ccccc32)c(C)c1CN. The number of allylic oxidation sites excluding steroid dienone is 1. The highest BCUT2D eigenvalue weighted by molar-refractivity contribution is 5.82. The fraction of sp³-hybridized carbons (Fsp3) is 0.250. The minimum absolute atomic E-state index is 0.517. The first-order valence-corrected chi connectivity index (χ1v) is 6.80. The average Bonchev–Trinajstić information content (AvgIpc) is 2.64. The van der Waals surface area contributed by atoms with Crippen LogP contribution in [0.4, 0.5) is 5.69 Å². The molecular formula is C16H18N4. The summed E-state index contributed by atoms with van der Waals surface area (Å²) in [6, 6.07) is 8.15. The lowest BCUT2D eigenvalue weighted by atomic mass is 10.1. The number of aryl methyl sites for hydroxylation is 1. The van der Waals surface area contributed by atoms with Gasteiger partial charge >= 0.3 is 0 Å². The van der Waals surface area contributed by atoms with Crippen LogP contribution in [0.25, 0.3) is 5.70 Å². The molecule has 0 saturated heterocycles. The number of benzene rings is 1. The fourth-order valence-electron chi connectivity index (χ4n) is 2.63. The molecule has 0 atom stereocenters. The van der Waals surface area contributed by atoms with E-state index in [9.17, 15) is 0 Å². The number of hydrogen-bond donors (Lipinski definition) is 1. The number of aromatic nitrogens is 2. The molecule has 0 amide bonds. The first kappa shape index (κ1) is 12.8. The molecule has 4 heteroatoms. The molecule has 20 heavy (non-hydrogen) atoms. The van der Waals surface area contributed by atoms with Gasteiger partial charge in [0, 0.05) is 36.0 Å². The maximum Gasteiger partial charge on any atom is 0.0719 e. The van der Waals surface area contributed by atoms with Gasteiger partial charge in [-0.25, -0.2) is 4.68 Å². The number of hydrogen-bond acceptors (Lipinski definition) is 3. The van der Waals surface area contributed by atoms with Crippen molar-refractivity contribution in [3.63, 3.8) is 0 Å². The molecule has 2 N–H and O–H groups in total. The zero-order valence-electron chi connectivity index (χ0n) is 11.8. The van der Waals surface area contributed by atoms with Crippen LogP contribution in [-0.2, 0) is 6.54 Å². The molecule has 1 aliphatic heterocycles. The van der Waals surface area contributed by atoms with Crippen molar-refractivity contribution in [2.24, 2.45) is 10.7 Å². The van der Waals surface area contributed by atoms with Crippen molar-refractivity contribution in [1.82, 2.24) is 9.78 Å². The highest BCUT2D eigenvalue weighted by Crippen LogP contribution is 2.31. The van der Waals surface area contributed by atoms with E-state index in [0.29, 0.717) is 6.54 Å². The summed E-state index contributed by atoms with van der Waals surface area (Å²) in [4.78, 5) is 4.50. The summed E-state index contributed by atoms with van der Waals surface area (Å²) in [5.41, 5.74) is 12.2. The largest absolute Gasteiger partial charge is 0.326 e. The van der Waals surface area contributed by atoms with Crippen LogP contribution in [0.5, 0.6) is 0 Å². The monoisotopic (exact) mass is 266 g/mol. The molecule has 0 saturated carbocycles. The summed E-state index contributed by atoms with van der Waals surface area (Å²) in [7, 11) is 0. The fourth-order valence-corrected chi connectivity index (χ4v) is 2.63. The van der Waals surface area contributed by atoms with Crippen molar-refractivity contribution in [2.75, 3.05) is 0 Å². The summed E-state index contributed by atoms with van der Waals surface area (Å²) >= 11 is 0. The molecule has 0 unspecified atom stereocenters. The Morgan fingerprint density at radius 1 is 1.25 bits per heavy atom. The van der Waals surface area contributed by atoms with E-state index in [-0.39, 0.29) is 0 Å². The van der Waals surface area contributed by atoms with Gasteiger partial charge in [-0.3, -0.25) is 4.99 Å². The van der Waals surface area contributed by atoms with Crippen LogP contribution in [0.1, 0.15) is 28.9 Å². The number of nitrogens with two attached hydrogens (primary N) is 1. The Morgan fingerprint density at radius 3 is 2.80 bits per heavy atom. The predicted molar refractivity (Wildman–Crippen MR) is 82.2 cm³/mol. The van der Waals surface area contributed by atoms with Gasteiger partial charge in [-0.2, -0.15) is 5.10 Å². The van der Waals surface area contributed by atoms with Crippen molar-refractivity contribution in [1.29, 1.82) is 0 Å². The Labute approximate surface area is 118 Å². The predicted octanol–water partition coefficient (Wildman–Crippen LogP) is 2.95. The lowest BCUT2D eigenvalue weighted by molar-refractivity contribution is 0.852. The molecule has 0 radical (unpaired) electrons. The number of aliphatic imine (C=N–C) groups is 1. The molecule has 3 rings (SSSR count). The van der Waals surface area contributed by atoms with E-state index in [1.807, 2.05) is 36.0 Å². The van der Waals surface area contributed by atoms with E-state index >= 15 is 0 Å². The minimum atomic E-state index is 0.517. The van der Waals surface area contributed by atoms with E-state index in [1.165, 1.54) is 0 Å². The lowest BCUT2D eigenvalue weighted by Gasteiger charge is -2.11. The second kappa shape index (κ2) is 5.06. The van der Waals surface area contributed by atoms with Gasteiger partial charge in [0.05, 0.1) is 17.1 Å². The van der Waals surface area contributed by atoms with E-state index in [4.69, 9.17) is 5.73 Å². The number of rotatable bonds is 2. The van der Waals surface area contributed by atoms with Gasteiger partial charge in [-0.05, 0) is 19.9 Å². The third kappa shape index (κ3) is 1.98. The van der Waals surface area contributed by atoms with E-state index in [1.54, 1.807) is 0 Å². The smallest absolute Gasteiger partial charge is 0.0719 e. The van der Waals surface area contributed by atoms with Gasteiger partial charge in [0.15, 0.2) is 0 Å². The second-order valence-electron chi connectivity index (χ2n) is 4.92. The van der Waals surface area contributed by atoms with Crippen LogP contribution in [0.2, 0.25) is 0 Å². The van der Waals surface area contributed by atoms with Crippen molar-refractivity contribution in [3.8, 4) is 0 Å². The van der Waals surface area contributed by atoms with E-state index in [2.05, 4.69) is 29.2 Å². The Bertz CT molecular complexity index is 707. The van der Waals surface area contributed by atoms with Crippen molar-refractivity contribution in [3.05, 3.63) is 52.9 Å². The van der Waals surface area contributed by atoms with Crippen LogP contribution in [0, 0.1) is 13.8 Å². The zero-order valence-corrected chi connectivity index (χ0v) is 11.8. The van der Waals surface area contributed by atoms with Crippen LogP contribution in [0.3, 0.4) is 0 Å². The van der Waals surface area contributed by atoms with E-state index < -0.39 is 0 Å². The summed E-state index contributed by atoms with van der Waals surface area (Å²) in [5, 5.41) is 4.66. The van der Waals surface area contributed by atoms with Gasteiger partial charge < -0.3 is 5.73 Å². The number of para-hydroxylation sites is 1. The third-order valence-electron chi connectivity index (χ3n) is 3.70. The Kier molecular flexibility index (Phi) is 3.24. The average molecular weight is 266 g/mol. The quantitative estimate of drug-likeness (QED) is 0.908. The molecule has 4 nitrogen and oxygen atoms in total. The summed E-state index contributed by atoms with van der Waals surface area (Å²) in [6.07, 6.45) is 4.90. The van der Waals surface area contributed by atoms with Crippen LogP contribution in [-0.4, -0.2) is 16.0 Å². The summed E-state index contributed by atoms with van der Waals surface area (Å²) in [6.45, 7) is 4.59. The number of fused-ring (bicyclic) bond motifs is 1. The van der Waals surface area contributed by atoms with Crippen molar-refractivity contribution in [2.45, 2.75) is 26.8 Å². The minimum Gasteiger partial charge on any atom is -0.326 e. The van der Waals surface area contributed by atoms with Crippen molar-refractivity contribution < 1.29 is 0 Å². The summed E-state index contributed by atoms with van der Waals surface area (Å²) in [5.74, 6) is 0. The maximum atomic E-state index is 5.82. The Morgan fingerprint density at radius 2 is 2.05 bits per heavy atom. The summed E-state index contributed by atoms with van der Waals surface area (Å²) < 4.78 is 1.99. The molecule has 0 fully saturated rings. The molecule has 0 spiro atoms. The zero-order chi connectivity index (χ0) is 14.1. The molecule has 1 aromatic heterocycles. The lowest BCUT2D eigenvalue weighted by Crippen LogP contribution is -2.05. The topological polar surface area (TPSA) is 56.2 Å². The molecule has 2 aromatic rings. The van der Waals surface area contributed by atoms with Gasteiger partial charge in [-0.1, -0.05) is 24.3 Å². The van der Waals surface area contributed by atoms with E-state index in [0.717, 1.165) is 40.3 Å². The highest BCUT2D eigenvalue weighted by Gasteiger charge is 2.17. The molecule has 102 valence electrons. The van der Waals surface area contributed by atoms with Gasteiger partial charge in [0.25, 0.3) is 0 Å². The Balaban J connectivity index is 2.19. The van der Waals surface area contributed by atoms with Gasteiger partial charge in [-0.15, -0.1) is 0 Å². The second-order valence-corrected chi connectivity index (χ2v) is 4.92. The molecule has 2 heterocycles. The molecule has 0 aliphatic carbocycles.